The van der Waals surface area contributed by atoms with Gasteiger partial charge in [-0.2, -0.15) is 0 Å². The molecule has 0 aromatic carbocycles. The van der Waals surface area contributed by atoms with E-state index in [0.717, 1.165) is 35.4 Å². The van der Waals surface area contributed by atoms with Crippen LogP contribution in [0.1, 0.15) is 62.2 Å². The molecule has 0 fully saturated rings. The standard InChI is InChI=1S/C16H21NOS/c1-3-4-9-15-14(17-16(11-18)19-15)10-13-8-6-5-7-12(13)2/h9-11H,3-8H2,1-2H3/b14-10+,15-9-. The van der Waals surface area contributed by atoms with Gasteiger partial charge in [0.05, 0.1) is 9.88 Å². The molecule has 0 radical (unpaired) electrons. The smallest absolute Gasteiger partial charge is 0.178 e. The van der Waals surface area contributed by atoms with Gasteiger partial charge in [0.1, 0.15) is 0 Å². The maximum Gasteiger partial charge on any atom is 0.178 e. The summed E-state index contributed by atoms with van der Waals surface area (Å²) in [5.74, 6) is 0. The van der Waals surface area contributed by atoms with Gasteiger partial charge < -0.3 is 0 Å². The highest BCUT2D eigenvalue weighted by atomic mass is 32.1. The minimum atomic E-state index is 0.586. The number of aromatic nitrogens is 1. The zero-order valence-electron chi connectivity index (χ0n) is 11.7. The molecule has 0 unspecified atom stereocenters. The minimum absolute atomic E-state index is 0.586. The van der Waals surface area contributed by atoms with Crippen molar-refractivity contribution in [3.63, 3.8) is 0 Å². The van der Waals surface area contributed by atoms with Crippen LogP contribution in [0.5, 0.6) is 0 Å². The van der Waals surface area contributed by atoms with Crippen molar-refractivity contribution in [3.8, 4) is 0 Å². The minimum Gasteiger partial charge on any atom is -0.295 e. The van der Waals surface area contributed by atoms with Crippen molar-refractivity contribution in [1.29, 1.82) is 0 Å². The summed E-state index contributed by atoms with van der Waals surface area (Å²) in [6.07, 6.45) is 12.3. The predicted molar refractivity (Wildman–Crippen MR) is 81.8 cm³/mol. The molecule has 1 aromatic rings. The lowest BCUT2D eigenvalue weighted by molar-refractivity contribution is 0.112. The number of carbonyl (C=O) groups excluding carboxylic acids is 1. The van der Waals surface area contributed by atoms with Crippen molar-refractivity contribution in [2.45, 2.75) is 52.4 Å². The first-order chi connectivity index (χ1) is 9.24. The monoisotopic (exact) mass is 275 g/mol. The molecule has 0 saturated heterocycles. The Balaban J connectivity index is 2.48. The van der Waals surface area contributed by atoms with Crippen molar-refractivity contribution < 1.29 is 4.79 Å². The van der Waals surface area contributed by atoms with Gasteiger partial charge in [-0.25, -0.2) is 4.98 Å². The normalized spacial score (nSPS) is 18.2. The fraction of sp³-hybridized carbons (Fsp3) is 0.500. The number of carbonyl (C=O) groups is 1. The summed E-state index contributed by atoms with van der Waals surface area (Å²) in [5.41, 5.74) is 2.90. The van der Waals surface area contributed by atoms with Gasteiger partial charge >= 0.3 is 0 Å². The van der Waals surface area contributed by atoms with E-state index >= 15 is 0 Å². The van der Waals surface area contributed by atoms with Crippen LogP contribution in [0, 0.1) is 0 Å². The number of thiazole rings is 1. The van der Waals surface area contributed by atoms with E-state index in [0.29, 0.717) is 5.01 Å². The molecule has 1 aliphatic rings. The van der Waals surface area contributed by atoms with Crippen LogP contribution in [0.15, 0.2) is 11.1 Å². The number of unbranched alkanes of at least 4 members (excludes halogenated alkanes) is 1. The molecule has 0 aliphatic heterocycles. The van der Waals surface area contributed by atoms with Crippen molar-refractivity contribution in [3.05, 3.63) is 26.0 Å². The summed E-state index contributed by atoms with van der Waals surface area (Å²) in [4.78, 5) is 15.4. The van der Waals surface area contributed by atoms with Crippen molar-refractivity contribution in [2.75, 3.05) is 0 Å². The Morgan fingerprint density at radius 1 is 1.32 bits per heavy atom. The highest BCUT2D eigenvalue weighted by Gasteiger charge is 2.07. The molecule has 102 valence electrons. The number of rotatable bonds is 4. The molecule has 0 spiro atoms. The Labute approximate surface area is 118 Å². The number of hydrogen-bond donors (Lipinski definition) is 0. The lowest BCUT2D eigenvalue weighted by atomic mass is 9.92. The Morgan fingerprint density at radius 2 is 2.11 bits per heavy atom. The summed E-state index contributed by atoms with van der Waals surface area (Å²) < 4.78 is 1.15. The van der Waals surface area contributed by atoms with Gasteiger partial charge in [-0.15, -0.1) is 11.3 Å². The maximum absolute atomic E-state index is 10.9. The quantitative estimate of drug-likeness (QED) is 0.790. The van der Waals surface area contributed by atoms with Gasteiger partial charge in [0, 0.05) is 0 Å². The Hall–Kier alpha value is -1.22. The van der Waals surface area contributed by atoms with E-state index in [1.165, 1.54) is 41.7 Å². The summed E-state index contributed by atoms with van der Waals surface area (Å²) in [6.45, 7) is 4.38. The summed E-state index contributed by atoms with van der Waals surface area (Å²) >= 11 is 1.50. The van der Waals surface area contributed by atoms with Gasteiger partial charge in [-0.3, -0.25) is 4.79 Å². The van der Waals surface area contributed by atoms with Gasteiger partial charge in [-0.05, 0) is 50.7 Å². The van der Waals surface area contributed by atoms with E-state index in [1.54, 1.807) is 0 Å². The number of allylic oxidation sites excluding steroid dienone is 2. The molecule has 0 N–H and O–H groups in total. The van der Waals surface area contributed by atoms with Crippen LogP contribution in [0.25, 0.3) is 12.2 Å². The fourth-order valence-corrected chi connectivity index (χ4v) is 3.20. The average Bonchev–Trinajstić information content (AvgIpc) is 2.81. The van der Waals surface area contributed by atoms with E-state index in [9.17, 15) is 4.79 Å². The molecule has 0 bridgehead atoms. The van der Waals surface area contributed by atoms with Gasteiger partial charge in [0.15, 0.2) is 11.3 Å². The molecular formula is C16H21NOS. The SMILES string of the molecule is CCC/C=c1\sc(C=O)n\c1=C\C1=C(C)CCCC1. The third kappa shape index (κ3) is 3.63. The second-order valence-corrected chi connectivity index (χ2v) is 6.13. The van der Waals surface area contributed by atoms with Crippen molar-refractivity contribution in [2.24, 2.45) is 0 Å². The Morgan fingerprint density at radius 3 is 2.79 bits per heavy atom. The highest BCUT2D eigenvalue weighted by molar-refractivity contribution is 7.11. The molecule has 0 atom stereocenters. The lowest BCUT2D eigenvalue weighted by Crippen LogP contribution is -2.21. The van der Waals surface area contributed by atoms with Crippen LogP contribution >= 0.6 is 11.3 Å². The summed E-state index contributed by atoms with van der Waals surface area (Å²) in [5, 5.41) is 1.57. The van der Waals surface area contributed by atoms with Crippen LogP contribution in [0.3, 0.4) is 0 Å². The van der Waals surface area contributed by atoms with Crippen LogP contribution in [0.4, 0.5) is 0 Å². The summed E-state index contributed by atoms with van der Waals surface area (Å²) in [7, 11) is 0. The maximum atomic E-state index is 10.9. The first-order valence-electron chi connectivity index (χ1n) is 7.07. The third-order valence-corrected chi connectivity index (χ3v) is 4.52. The van der Waals surface area contributed by atoms with E-state index in [2.05, 4.69) is 31.0 Å². The number of hydrogen-bond acceptors (Lipinski definition) is 3. The average molecular weight is 275 g/mol. The zero-order valence-corrected chi connectivity index (χ0v) is 12.6. The van der Waals surface area contributed by atoms with Crippen LogP contribution in [-0.2, 0) is 0 Å². The van der Waals surface area contributed by atoms with Crippen molar-refractivity contribution >= 4 is 29.8 Å². The van der Waals surface area contributed by atoms with Gasteiger partial charge in [-0.1, -0.05) is 25.0 Å². The first-order valence-corrected chi connectivity index (χ1v) is 7.88. The predicted octanol–water partition coefficient (Wildman–Crippen LogP) is 3.21. The molecule has 19 heavy (non-hydrogen) atoms. The lowest BCUT2D eigenvalue weighted by Gasteiger charge is -2.13. The molecule has 2 rings (SSSR count). The molecule has 1 heterocycles. The van der Waals surface area contributed by atoms with E-state index < -0.39 is 0 Å². The molecule has 0 amide bonds. The molecule has 3 heteroatoms. The largest absolute Gasteiger partial charge is 0.295 e. The second-order valence-electron chi connectivity index (χ2n) is 5.07. The number of aldehydes is 1. The van der Waals surface area contributed by atoms with Crippen molar-refractivity contribution in [1.82, 2.24) is 4.98 Å². The van der Waals surface area contributed by atoms with E-state index in [1.807, 2.05) is 0 Å². The fourth-order valence-electron chi connectivity index (χ4n) is 2.38. The Bertz CT molecular complexity index is 595. The zero-order chi connectivity index (χ0) is 13.7. The van der Waals surface area contributed by atoms with Crippen LogP contribution in [0.2, 0.25) is 0 Å². The van der Waals surface area contributed by atoms with Crippen LogP contribution < -0.4 is 9.88 Å². The molecule has 2 nitrogen and oxygen atoms in total. The molecule has 0 saturated carbocycles. The van der Waals surface area contributed by atoms with Gasteiger partial charge in [0.25, 0.3) is 0 Å². The number of nitrogens with zero attached hydrogens (tertiary/aromatic N) is 1. The third-order valence-electron chi connectivity index (χ3n) is 3.52. The second kappa shape index (κ2) is 6.80. The Kier molecular flexibility index (Phi) is 5.08. The van der Waals surface area contributed by atoms with Gasteiger partial charge in [0.2, 0.25) is 0 Å². The molecule has 1 aliphatic carbocycles. The highest BCUT2D eigenvalue weighted by Crippen LogP contribution is 2.24. The molecule has 1 aromatic heterocycles. The van der Waals surface area contributed by atoms with E-state index in [4.69, 9.17) is 0 Å². The van der Waals surface area contributed by atoms with E-state index in [-0.39, 0.29) is 0 Å². The summed E-state index contributed by atoms with van der Waals surface area (Å²) in [6, 6.07) is 0. The molecular weight excluding hydrogens is 254 g/mol. The first kappa shape index (κ1) is 14.2. The topological polar surface area (TPSA) is 30.0 Å². The van der Waals surface area contributed by atoms with Crippen LogP contribution in [-0.4, -0.2) is 11.3 Å².